The molecule has 2 heterocycles. The first-order valence-electron chi connectivity index (χ1n) is 7.67. The smallest absolute Gasteiger partial charge is 0.133 e. The van der Waals surface area contributed by atoms with Gasteiger partial charge in [-0.25, -0.2) is 4.98 Å². The fourth-order valence-electron chi connectivity index (χ4n) is 2.59. The van der Waals surface area contributed by atoms with Crippen molar-refractivity contribution in [3.05, 3.63) is 23.9 Å². The molecule has 1 fully saturated rings. The first kappa shape index (κ1) is 15.3. The summed E-state index contributed by atoms with van der Waals surface area (Å²) in [6, 6.07) is 4.82. The van der Waals surface area contributed by atoms with Crippen LogP contribution >= 0.6 is 0 Å². The summed E-state index contributed by atoms with van der Waals surface area (Å²) in [5, 5.41) is 3.52. The maximum Gasteiger partial charge on any atom is 0.133 e. The summed E-state index contributed by atoms with van der Waals surface area (Å²) in [7, 11) is 2.20. The molecule has 0 amide bonds. The summed E-state index contributed by atoms with van der Waals surface area (Å²) in [5.74, 6) is 1.84. The summed E-state index contributed by atoms with van der Waals surface area (Å²) in [4.78, 5) is 9.47. The van der Waals surface area contributed by atoms with Crippen molar-refractivity contribution in [2.45, 2.75) is 33.4 Å². The van der Waals surface area contributed by atoms with Crippen molar-refractivity contribution in [1.29, 1.82) is 0 Å². The summed E-state index contributed by atoms with van der Waals surface area (Å²) < 4.78 is 0. The van der Waals surface area contributed by atoms with Gasteiger partial charge in [-0.1, -0.05) is 19.9 Å². The number of anilines is 1. The largest absolute Gasteiger partial charge is 0.354 e. The Balaban J connectivity index is 2.03. The molecule has 0 aliphatic carbocycles. The molecule has 1 N–H and O–H groups in total. The highest BCUT2D eigenvalue weighted by Gasteiger charge is 2.22. The maximum absolute atomic E-state index is 4.63. The van der Waals surface area contributed by atoms with Gasteiger partial charge >= 0.3 is 0 Å². The topological polar surface area (TPSA) is 31.4 Å². The van der Waals surface area contributed by atoms with E-state index in [2.05, 4.69) is 54.0 Å². The van der Waals surface area contributed by atoms with Gasteiger partial charge in [0.1, 0.15) is 5.82 Å². The van der Waals surface area contributed by atoms with E-state index in [9.17, 15) is 0 Å². The van der Waals surface area contributed by atoms with Crippen LogP contribution in [0.1, 0.15) is 26.3 Å². The summed E-state index contributed by atoms with van der Waals surface area (Å²) >= 11 is 0. The van der Waals surface area contributed by atoms with Crippen LogP contribution < -0.4 is 10.2 Å². The maximum atomic E-state index is 4.63. The van der Waals surface area contributed by atoms with E-state index in [1.165, 1.54) is 5.56 Å². The van der Waals surface area contributed by atoms with Crippen molar-refractivity contribution in [2.75, 3.05) is 38.1 Å². The van der Waals surface area contributed by atoms with Crippen molar-refractivity contribution >= 4 is 5.82 Å². The van der Waals surface area contributed by atoms with Crippen LogP contribution in [0, 0.1) is 5.92 Å². The number of pyridine rings is 1. The predicted octanol–water partition coefficient (Wildman–Crippen LogP) is 1.97. The fourth-order valence-corrected chi connectivity index (χ4v) is 2.59. The van der Waals surface area contributed by atoms with E-state index in [0.717, 1.165) is 38.5 Å². The Morgan fingerprint density at radius 2 is 2.20 bits per heavy atom. The molecule has 20 heavy (non-hydrogen) atoms. The van der Waals surface area contributed by atoms with Gasteiger partial charge in [0.15, 0.2) is 0 Å². The molecular formula is C16H28N4. The lowest BCUT2D eigenvalue weighted by atomic mass is 10.1. The lowest BCUT2D eigenvalue weighted by Gasteiger charge is -2.39. The molecule has 1 aliphatic heterocycles. The van der Waals surface area contributed by atoms with E-state index in [4.69, 9.17) is 0 Å². The fraction of sp³-hybridized carbons (Fsp3) is 0.688. The Labute approximate surface area is 123 Å². The molecule has 4 nitrogen and oxygen atoms in total. The van der Waals surface area contributed by atoms with Crippen LogP contribution in [0.2, 0.25) is 0 Å². The zero-order chi connectivity index (χ0) is 14.5. The van der Waals surface area contributed by atoms with Gasteiger partial charge in [0.2, 0.25) is 0 Å². The van der Waals surface area contributed by atoms with Crippen molar-refractivity contribution < 1.29 is 0 Å². The third-order valence-electron chi connectivity index (χ3n) is 3.99. The van der Waals surface area contributed by atoms with E-state index in [-0.39, 0.29) is 0 Å². The van der Waals surface area contributed by atoms with Gasteiger partial charge in [0.05, 0.1) is 0 Å². The minimum absolute atomic E-state index is 0.585. The predicted molar refractivity (Wildman–Crippen MR) is 85.1 cm³/mol. The molecule has 4 heteroatoms. The molecule has 2 rings (SSSR count). The van der Waals surface area contributed by atoms with Gasteiger partial charge in [0.25, 0.3) is 0 Å². The minimum atomic E-state index is 0.585. The van der Waals surface area contributed by atoms with Gasteiger partial charge < -0.3 is 15.1 Å². The quantitative estimate of drug-likeness (QED) is 0.891. The Morgan fingerprint density at radius 3 is 2.90 bits per heavy atom. The van der Waals surface area contributed by atoms with E-state index in [0.29, 0.717) is 12.0 Å². The van der Waals surface area contributed by atoms with Crippen LogP contribution in [0.25, 0.3) is 0 Å². The van der Waals surface area contributed by atoms with Crippen LogP contribution in [-0.2, 0) is 6.54 Å². The number of rotatable bonds is 5. The zero-order valence-corrected chi connectivity index (χ0v) is 13.3. The van der Waals surface area contributed by atoms with Crippen LogP contribution in [0.5, 0.6) is 0 Å². The molecule has 0 spiro atoms. The van der Waals surface area contributed by atoms with Crippen molar-refractivity contribution in [3.63, 3.8) is 0 Å². The summed E-state index contributed by atoms with van der Waals surface area (Å²) in [5.41, 5.74) is 1.31. The highest BCUT2D eigenvalue weighted by molar-refractivity contribution is 5.47. The monoisotopic (exact) mass is 276 g/mol. The van der Waals surface area contributed by atoms with Crippen LogP contribution in [0.4, 0.5) is 5.82 Å². The zero-order valence-electron chi connectivity index (χ0n) is 13.3. The SMILES string of the molecule is CC(C)CNCc1cccnc1N1CCN(C)C(C)C1. The van der Waals surface area contributed by atoms with E-state index in [1.807, 2.05) is 12.3 Å². The van der Waals surface area contributed by atoms with Crippen molar-refractivity contribution in [1.82, 2.24) is 15.2 Å². The summed E-state index contributed by atoms with van der Waals surface area (Å²) in [6.45, 7) is 11.9. The molecule has 1 saturated heterocycles. The first-order chi connectivity index (χ1) is 9.58. The van der Waals surface area contributed by atoms with Crippen molar-refractivity contribution in [2.24, 2.45) is 5.92 Å². The third kappa shape index (κ3) is 3.93. The van der Waals surface area contributed by atoms with Crippen molar-refractivity contribution in [3.8, 4) is 0 Å². The normalized spacial score (nSPS) is 20.6. The van der Waals surface area contributed by atoms with Crippen LogP contribution in [0.15, 0.2) is 18.3 Å². The molecule has 1 aliphatic rings. The molecule has 0 radical (unpaired) electrons. The number of hydrogen-bond acceptors (Lipinski definition) is 4. The van der Waals surface area contributed by atoms with E-state index < -0.39 is 0 Å². The van der Waals surface area contributed by atoms with Crippen LogP contribution in [0.3, 0.4) is 0 Å². The first-order valence-corrected chi connectivity index (χ1v) is 7.67. The second-order valence-electron chi connectivity index (χ2n) is 6.29. The number of piperazine rings is 1. The lowest BCUT2D eigenvalue weighted by molar-refractivity contribution is 0.233. The van der Waals surface area contributed by atoms with Gasteiger partial charge in [-0.2, -0.15) is 0 Å². The number of nitrogens with zero attached hydrogens (tertiary/aromatic N) is 3. The number of aromatic nitrogens is 1. The molecular weight excluding hydrogens is 248 g/mol. The molecule has 1 atom stereocenters. The third-order valence-corrected chi connectivity index (χ3v) is 3.99. The Kier molecular flexibility index (Phi) is 5.38. The van der Waals surface area contributed by atoms with Gasteiger partial charge in [-0.05, 0) is 32.5 Å². The summed E-state index contributed by atoms with van der Waals surface area (Å²) in [6.07, 6.45) is 1.91. The molecule has 1 unspecified atom stereocenters. The minimum Gasteiger partial charge on any atom is -0.354 e. The standard InChI is InChI=1S/C16H28N4/c1-13(2)10-17-11-15-6-5-7-18-16(15)20-9-8-19(4)14(3)12-20/h5-7,13-14,17H,8-12H2,1-4H3. The molecule has 0 bridgehead atoms. The molecule has 0 aromatic carbocycles. The lowest BCUT2D eigenvalue weighted by Crippen LogP contribution is -2.50. The highest BCUT2D eigenvalue weighted by Crippen LogP contribution is 2.20. The Hall–Kier alpha value is -1.13. The van der Waals surface area contributed by atoms with Gasteiger partial charge in [0, 0.05) is 44.0 Å². The average molecular weight is 276 g/mol. The Bertz CT molecular complexity index is 419. The molecule has 1 aromatic heterocycles. The second kappa shape index (κ2) is 7.04. The Morgan fingerprint density at radius 1 is 1.40 bits per heavy atom. The number of likely N-dealkylation sites (N-methyl/N-ethyl adjacent to an activating group) is 1. The molecule has 112 valence electrons. The van der Waals surface area contributed by atoms with E-state index in [1.54, 1.807) is 0 Å². The number of hydrogen-bond donors (Lipinski definition) is 1. The second-order valence-corrected chi connectivity index (χ2v) is 6.29. The highest BCUT2D eigenvalue weighted by atomic mass is 15.3. The molecule has 1 aromatic rings. The average Bonchev–Trinajstić information content (AvgIpc) is 2.42. The van der Waals surface area contributed by atoms with E-state index >= 15 is 0 Å². The van der Waals surface area contributed by atoms with Crippen LogP contribution in [-0.4, -0.2) is 49.2 Å². The molecule has 0 saturated carbocycles. The number of nitrogens with one attached hydrogen (secondary N) is 1. The van der Waals surface area contributed by atoms with Gasteiger partial charge in [-0.15, -0.1) is 0 Å². The van der Waals surface area contributed by atoms with Gasteiger partial charge in [-0.3, -0.25) is 0 Å².